The van der Waals surface area contributed by atoms with Crippen LogP contribution in [0.5, 0.6) is 0 Å². The van der Waals surface area contributed by atoms with Gasteiger partial charge in [0.25, 0.3) is 5.91 Å². The molecule has 0 bridgehead atoms. The van der Waals surface area contributed by atoms with Gasteiger partial charge in [-0.15, -0.1) is 0 Å². The number of rotatable bonds is 5. The Morgan fingerprint density at radius 1 is 1.18 bits per heavy atom. The lowest BCUT2D eigenvalue weighted by Gasteiger charge is -2.10. The van der Waals surface area contributed by atoms with E-state index >= 15 is 0 Å². The second-order valence-corrected chi connectivity index (χ2v) is 8.75. The van der Waals surface area contributed by atoms with Crippen LogP contribution in [-0.4, -0.2) is 35.2 Å². The third-order valence-corrected chi connectivity index (χ3v) is 6.44. The predicted octanol–water partition coefficient (Wildman–Crippen LogP) is 3.89. The van der Waals surface area contributed by atoms with E-state index in [0.29, 0.717) is 28.3 Å². The summed E-state index contributed by atoms with van der Waals surface area (Å²) in [5.41, 5.74) is 4.56. The summed E-state index contributed by atoms with van der Waals surface area (Å²) in [5.74, 6) is 0.608. The summed E-state index contributed by atoms with van der Waals surface area (Å²) in [5, 5.41) is 7.29. The number of aryl methyl sites for hydroxylation is 3. The van der Waals surface area contributed by atoms with Gasteiger partial charge in [-0.25, -0.2) is 24.0 Å². The zero-order valence-corrected chi connectivity index (χ0v) is 19.0. The second-order valence-electron chi connectivity index (χ2n) is 8.75. The zero-order valence-electron chi connectivity index (χ0n) is 19.0. The SMILES string of the molecule is Cc1cn(-c2cc(F)cc(CNC(=O)c3ncnc4nc(C5CCCC5)n(C)c34)c2)nc1C. The number of halogens is 1. The van der Waals surface area contributed by atoms with E-state index in [1.165, 1.54) is 31.3 Å². The van der Waals surface area contributed by atoms with Gasteiger partial charge in [-0.3, -0.25) is 4.79 Å². The van der Waals surface area contributed by atoms with Crippen molar-refractivity contribution in [3.8, 4) is 5.69 Å². The van der Waals surface area contributed by atoms with Gasteiger partial charge >= 0.3 is 0 Å². The summed E-state index contributed by atoms with van der Waals surface area (Å²) < 4.78 is 17.9. The van der Waals surface area contributed by atoms with E-state index in [1.54, 1.807) is 4.68 Å². The molecular formula is C24H26FN7O. The number of carbonyl (C=O) groups excluding carboxylic acids is 1. The molecule has 5 rings (SSSR count). The minimum atomic E-state index is -0.389. The van der Waals surface area contributed by atoms with Crippen molar-refractivity contribution in [2.75, 3.05) is 0 Å². The average molecular weight is 448 g/mol. The van der Waals surface area contributed by atoms with Crippen molar-refractivity contribution in [2.24, 2.45) is 7.05 Å². The number of imidazole rings is 1. The number of carbonyl (C=O) groups is 1. The molecule has 3 aromatic heterocycles. The molecule has 170 valence electrons. The smallest absolute Gasteiger partial charge is 0.272 e. The Morgan fingerprint density at radius 2 is 1.97 bits per heavy atom. The Kier molecular flexibility index (Phi) is 5.39. The van der Waals surface area contributed by atoms with Crippen LogP contribution in [0.2, 0.25) is 0 Å². The van der Waals surface area contributed by atoms with E-state index in [4.69, 9.17) is 4.98 Å². The quantitative estimate of drug-likeness (QED) is 0.501. The highest BCUT2D eigenvalue weighted by atomic mass is 19.1. The van der Waals surface area contributed by atoms with Gasteiger partial charge in [0.2, 0.25) is 0 Å². The van der Waals surface area contributed by atoms with Gasteiger partial charge in [0.15, 0.2) is 11.3 Å². The third kappa shape index (κ3) is 3.99. The summed E-state index contributed by atoms with van der Waals surface area (Å²) in [6.45, 7) is 4.02. The maximum Gasteiger partial charge on any atom is 0.272 e. The monoisotopic (exact) mass is 447 g/mol. The number of amides is 1. The van der Waals surface area contributed by atoms with Crippen LogP contribution in [0.3, 0.4) is 0 Å². The molecule has 3 heterocycles. The maximum atomic E-state index is 14.3. The highest BCUT2D eigenvalue weighted by Gasteiger charge is 2.25. The van der Waals surface area contributed by atoms with E-state index in [9.17, 15) is 9.18 Å². The molecule has 0 atom stereocenters. The largest absolute Gasteiger partial charge is 0.347 e. The van der Waals surface area contributed by atoms with Crippen LogP contribution >= 0.6 is 0 Å². The van der Waals surface area contributed by atoms with E-state index in [1.807, 2.05) is 37.7 Å². The molecule has 9 heteroatoms. The molecule has 0 spiro atoms. The highest BCUT2D eigenvalue weighted by Crippen LogP contribution is 2.34. The molecule has 1 aliphatic rings. The van der Waals surface area contributed by atoms with Gasteiger partial charge in [0.05, 0.1) is 11.4 Å². The summed E-state index contributed by atoms with van der Waals surface area (Å²) in [4.78, 5) is 26.3. The molecule has 1 amide bonds. The lowest BCUT2D eigenvalue weighted by atomic mass is 10.1. The molecule has 4 aromatic rings. The fraction of sp³-hybridized carbons (Fsp3) is 0.375. The first-order valence-electron chi connectivity index (χ1n) is 11.2. The average Bonchev–Trinajstić information content (AvgIpc) is 3.52. The fourth-order valence-corrected chi connectivity index (χ4v) is 4.59. The number of aromatic nitrogens is 6. The first kappa shape index (κ1) is 21.2. The van der Waals surface area contributed by atoms with Crippen molar-refractivity contribution in [1.82, 2.24) is 34.6 Å². The zero-order chi connectivity index (χ0) is 23.1. The van der Waals surface area contributed by atoms with Crippen LogP contribution in [-0.2, 0) is 13.6 Å². The highest BCUT2D eigenvalue weighted by molar-refractivity contribution is 6.02. The van der Waals surface area contributed by atoms with Gasteiger partial charge in [0.1, 0.15) is 23.5 Å². The molecule has 1 N–H and O–H groups in total. The number of hydrogen-bond donors (Lipinski definition) is 1. The van der Waals surface area contributed by atoms with Crippen molar-refractivity contribution in [2.45, 2.75) is 52.0 Å². The molecule has 0 radical (unpaired) electrons. The van der Waals surface area contributed by atoms with Gasteiger partial charge in [-0.1, -0.05) is 12.8 Å². The normalized spacial score (nSPS) is 14.3. The van der Waals surface area contributed by atoms with Gasteiger partial charge in [0, 0.05) is 25.7 Å². The van der Waals surface area contributed by atoms with Crippen molar-refractivity contribution in [1.29, 1.82) is 0 Å². The molecule has 0 aliphatic heterocycles. The van der Waals surface area contributed by atoms with E-state index in [-0.39, 0.29) is 24.0 Å². The van der Waals surface area contributed by atoms with Crippen molar-refractivity contribution >= 4 is 17.1 Å². The molecule has 0 saturated heterocycles. The van der Waals surface area contributed by atoms with Gasteiger partial charge in [-0.05, 0) is 56.0 Å². The topological polar surface area (TPSA) is 90.5 Å². The number of nitrogens with zero attached hydrogens (tertiary/aromatic N) is 6. The van der Waals surface area contributed by atoms with Crippen LogP contribution in [0.1, 0.15) is 64.7 Å². The fourth-order valence-electron chi connectivity index (χ4n) is 4.59. The van der Waals surface area contributed by atoms with E-state index < -0.39 is 0 Å². The Labute approximate surface area is 190 Å². The Balaban J connectivity index is 1.39. The minimum absolute atomic E-state index is 0.154. The van der Waals surface area contributed by atoms with Gasteiger partial charge in [-0.2, -0.15) is 5.10 Å². The molecule has 1 saturated carbocycles. The van der Waals surface area contributed by atoms with Crippen LogP contribution < -0.4 is 5.32 Å². The van der Waals surface area contributed by atoms with E-state index in [0.717, 1.165) is 29.9 Å². The number of hydrogen-bond acceptors (Lipinski definition) is 5. The summed E-state index contributed by atoms with van der Waals surface area (Å²) in [6, 6.07) is 4.64. The van der Waals surface area contributed by atoms with Crippen LogP contribution in [0.15, 0.2) is 30.7 Å². The molecular weight excluding hydrogens is 421 g/mol. The molecule has 1 aliphatic carbocycles. The minimum Gasteiger partial charge on any atom is -0.347 e. The van der Waals surface area contributed by atoms with Crippen molar-refractivity contribution < 1.29 is 9.18 Å². The van der Waals surface area contributed by atoms with Gasteiger partial charge < -0.3 is 9.88 Å². The summed E-state index contributed by atoms with van der Waals surface area (Å²) in [6.07, 6.45) is 7.81. The lowest BCUT2D eigenvalue weighted by Crippen LogP contribution is -2.25. The Hall–Kier alpha value is -3.62. The molecule has 8 nitrogen and oxygen atoms in total. The standard InChI is InChI=1S/C24H26FN7O/c1-14-12-32(30-15(14)2)19-9-16(8-18(25)10-19)11-26-24(33)20-21-22(28-13-27-20)29-23(31(21)3)17-6-4-5-7-17/h8-10,12-13,17H,4-7,11H2,1-3H3,(H,26,33). The van der Waals surface area contributed by atoms with Crippen molar-refractivity contribution in [3.05, 3.63) is 64.9 Å². The summed E-state index contributed by atoms with van der Waals surface area (Å²) >= 11 is 0. The van der Waals surface area contributed by atoms with Crippen LogP contribution in [0.25, 0.3) is 16.9 Å². The van der Waals surface area contributed by atoms with E-state index in [2.05, 4.69) is 20.4 Å². The molecule has 0 unspecified atom stereocenters. The molecule has 33 heavy (non-hydrogen) atoms. The van der Waals surface area contributed by atoms with Crippen LogP contribution in [0.4, 0.5) is 4.39 Å². The third-order valence-electron chi connectivity index (χ3n) is 6.44. The molecule has 1 fully saturated rings. The lowest BCUT2D eigenvalue weighted by molar-refractivity contribution is 0.0947. The Morgan fingerprint density at radius 3 is 2.70 bits per heavy atom. The first-order valence-corrected chi connectivity index (χ1v) is 11.2. The second kappa shape index (κ2) is 8.38. The van der Waals surface area contributed by atoms with Crippen molar-refractivity contribution in [3.63, 3.8) is 0 Å². The maximum absolute atomic E-state index is 14.3. The first-order chi connectivity index (χ1) is 15.9. The number of nitrogens with one attached hydrogen (secondary N) is 1. The number of benzene rings is 1. The molecule has 1 aromatic carbocycles. The predicted molar refractivity (Wildman–Crippen MR) is 122 cm³/mol. The Bertz CT molecular complexity index is 1330. The summed E-state index contributed by atoms with van der Waals surface area (Å²) in [7, 11) is 1.91. The number of fused-ring (bicyclic) bond motifs is 1. The van der Waals surface area contributed by atoms with Crippen LogP contribution in [0, 0.1) is 19.7 Å².